The van der Waals surface area contributed by atoms with Gasteiger partial charge in [0.15, 0.2) is 9.84 Å². The Hall–Kier alpha value is -2.76. The summed E-state index contributed by atoms with van der Waals surface area (Å²) >= 11 is 0. The molecule has 0 aliphatic rings. The van der Waals surface area contributed by atoms with Gasteiger partial charge in [-0.2, -0.15) is 4.72 Å². The summed E-state index contributed by atoms with van der Waals surface area (Å²) < 4.78 is 50.7. The Morgan fingerprint density at radius 1 is 0.929 bits per heavy atom. The molecule has 0 bridgehead atoms. The number of rotatable bonds is 8. The van der Waals surface area contributed by atoms with E-state index in [1.165, 1.54) is 24.3 Å². The minimum absolute atomic E-state index is 0.275. The highest BCUT2D eigenvalue weighted by atomic mass is 32.2. The van der Waals surface area contributed by atoms with Crippen molar-refractivity contribution in [3.8, 4) is 0 Å². The molecule has 0 saturated heterocycles. The van der Waals surface area contributed by atoms with Crippen molar-refractivity contribution < 1.29 is 31.5 Å². The number of nitrogens with one attached hydrogen (secondary N) is 2. The molecule has 0 radical (unpaired) electrons. The van der Waals surface area contributed by atoms with Crippen LogP contribution in [0.2, 0.25) is 0 Å². The molecule has 0 heterocycles. The zero-order valence-corrected chi connectivity index (χ0v) is 16.3. The van der Waals surface area contributed by atoms with E-state index in [2.05, 4.69) is 5.32 Å². The number of carboxylic acids is 1. The highest BCUT2D eigenvalue weighted by Crippen LogP contribution is 2.20. The summed E-state index contributed by atoms with van der Waals surface area (Å²) in [5, 5.41) is 11.6. The number of hydrogen-bond acceptors (Lipinski definition) is 6. The van der Waals surface area contributed by atoms with Crippen LogP contribution in [0.15, 0.2) is 64.4 Å². The average molecular weight is 426 g/mol. The molecule has 9 nitrogen and oxygen atoms in total. The largest absolute Gasteiger partial charge is 0.480 e. The third kappa shape index (κ3) is 5.38. The van der Waals surface area contributed by atoms with Gasteiger partial charge in [-0.1, -0.05) is 30.3 Å². The molecule has 0 aliphatic heterocycles. The lowest BCUT2D eigenvalue weighted by atomic mass is 10.2. The maximum Gasteiger partial charge on any atom is 0.323 e. The van der Waals surface area contributed by atoms with Crippen LogP contribution in [0, 0.1) is 0 Å². The summed E-state index contributed by atoms with van der Waals surface area (Å²) in [5.74, 6) is -2.11. The predicted molar refractivity (Wildman–Crippen MR) is 100 cm³/mol. The van der Waals surface area contributed by atoms with E-state index in [1.54, 1.807) is 18.2 Å². The van der Waals surface area contributed by atoms with E-state index in [0.717, 1.165) is 18.4 Å². The number of carbonyl (C=O) groups is 2. The Balaban J connectivity index is 2.22. The molecule has 2 aromatic rings. The van der Waals surface area contributed by atoms with Gasteiger partial charge in [0, 0.05) is 18.4 Å². The van der Waals surface area contributed by atoms with Crippen molar-refractivity contribution in [3.05, 3.63) is 60.2 Å². The van der Waals surface area contributed by atoms with Crippen LogP contribution >= 0.6 is 0 Å². The SMILES string of the molecule is CS(=O)(=O)c1ccccc1S(=O)(=O)N[C@H](CNC(=O)c1ccccc1)C(=O)O. The third-order valence-corrected chi connectivity index (χ3v) is 6.45. The monoisotopic (exact) mass is 426 g/mol. The van der Waals surface area contributed by atoms with Gasteiger partial charge in [-0.3, -0.25) is 9.59 Å². The molecule has 2 aromatic carbocycles. The summed E-state index contributed by atoms with van der Waals surface area (Å²) in [6.45, 7) is -0.538. The number of hydrogen-bond donors (Lipinski definition) is 3. The number of benzene rings is 2. The van der Waals surface area contributed by atoms with E-state index < -0.39 is 54.1 Å². The van der Waals surface area contributed by atoms with Crippen molar-refractivity contribution in [3.63, 3.8) is 0 Å². The number of amides is 1. The van der Waals surface area contributed by atoms with Gasteiger partial charge in [-0.25, -0.2) is 16.8 Å². The van der Waals surface area contributed by atoms with Crippen LogP contribution in [0.4, 0.5) is 0 Å². The van der Waals surface area contributed by atoms with Crippen molar-refractivity contribution in [2.24, 2.45) is 0 Å². The first-order valence-corrected chi connectivity index (χ1v) is 11.3. The standard InChI is InChI=1S/C17H18N2O7S2/c1-27(23,24)14-9-5-6-10-15(14)28(25,26)19-13(17(21)22)11-18-16(20)12-7-3-2-4-8-12/h2-10,13,19H,11H2,1H3,(H,18,20)(H,21,22)/t13-/m1/s1. The predicted octanol–water partition coefficient (Wildman–Crippen LogP) is 0.252. The molecule has 2 rings (SSSR count). The second-order valence-corrected chi connectivity index (χ2v) is 9.47. The molecule has 0 aliphatic carbocycles. The average Bonchev–Trinajstić information content (AvgIpc) is 2.64. The Bertz CT molecular complexity index is 1080. The maximum atomic E-state index is 12.6. The lowest BCUT2D eigenvalue weighted by Crippen LogP contribution is -2.48. The highest BCUT2D eigenvalue weighted by Gasteiger charge is 2.29. The van der Waals surface area contributed by atoms with Crippen molar-refractivity contribution in [2.75, 3.05) is 12.8 Å². The van der Waals surface area contributed by atoms with E-state index in [0.29, 0.717) is 0 Å². The molecular weight excluding hydrogens is 408 g/mol. The Kier molecular flexibility index (Phi) is 6.54. The number of carboxylic acid groups (broad SMARTS) is 1. The third-order valence-electron chi connectivity index (χ3n) is 3.64. The zero-order valence-electron chi connectivity index (χ0n) is 14.7. The van der Waals surface area contributed by atoms with E-state index in [9.17, 15) is 31.5 Å². The van der Waals surface area contributed by atoms with Crippen LogP contribution < -0.4 is 10.0 Å². The lowest BCUT2D eigenvalue weighted by Gasteiger charge is -2.17. The number of sulfonamides is 1. The molecule has 0 aromatic heterocycles. The second kappa shape index (κ2) is 8.50. The van der Waals surface area contributed by atoms with Crippen molar-refractivity contribution >= 4 is 31.7 Å². The molecule has 11 heteroatoms. The summed E-state index contributed by atoms with van der Waals surface area (Å²) in [6, 6.07) is 11.1. The zero-order chi connectivity index (χ0) is 20.9. The molecule has 150 valence electrons. The van der Waals surface area contributed by atoms with Crippen LogP contribution in [0.5, 0.6) is 0 Å². The van der Waals surface area contributed by atoms with E-state index in [1.807, 2.05) is 4.72 Å². The molecule has 1 atom stereocenters. The first kappa shape index (κ1) is 21.5. The molecule has 0 saturated carbocycles. The summed E-state index contributed by atoms with van der Waals surface area (Å²) in [7, 11) is -8.36. The molecule has 3 N–H and O–H groups in total. The van der Waals surface area contributed by atoms with Gasteiger partial charge < -0.3 is 10.4 Å². The lowest BCUT2D eigenvalue weighted by molar-refractivity contribution is -0.138. The second-order valence-electron chi connectivity index (χ2n) is 5.81. The van der Waals surface area contributed by atoms with Gasteiger partial charge in [0.2, 0.25) is 10.0 Å². The van der Waals surface area contributed by atoms with Crippen molar-refractivity contribution in [1.29, 1.82) is 0 Å². The van der Waals surface area contributed by atoms with Crippen LogP contribution in [-0.4, -0.2) is 52.7 Å². The molecule has 0 spiro atoms. The minimum Gasteiger partial charge on any atom is -0.480 e. The first-order chi connectivity index (χ1) is 13.0. The number of aliphatic carboxylic acids is 1. The molecule has 28 heavy (non-hydrogen) atoms. The van der Waals surface area contributed by atoms with Crippen LogP contribution in [-0.2, 0) is 24.7 Å². The van der Waals surface area contributed by atoms with Gasteiger partial charge in [-0.15, -0.1) is 0 Å². The van der Waals surface area contributed by atoms with Gasteiger partial charge in [0.1, 0.15) is 10.9 Å². The van der Waals surface area contributed by atoms with Crippen LogP contribution in [0.1, 0.15) is 10.4 Å². The summed E-state index contributed by atoms with van der Waals surface area (Å²) in [4.78, 5) is 22.4. The fourth-order valence-corrected chi connectivity index (χ4v) is 5.11. The normalized spacial score (nSPS) is 12.9. The smallest absolute Gasteiger partial charge is 0.323 e. The molecule has 0 fully saturated rings. The van der Waals surface area contributed by atoms with E-state index >= 15 is 0 Å². The quantitative estimate of drug-likeness (QED) is 0.548. The molecule has 1 amide bonds. The topological polar surface area (TPSA) is 147 Å². The Morgan fingerprint density at radius 2 is 1.46 bits per heavy atom. The van der Waals surface area contributed by atoms with Gasteiger partial charge >= 0.3 is 5.97 Å². The fourth-order valence-electron chi connectivity index (χ4n) is 2.29. The Labute approximate surface area is 162 Å². The van der Waals surface area contributed by atoms with Gasteiger partial charge in [-0.05, 0) is 24.3 Å². The van der Waals surface area contributed by atoms with Gasteiger partial charge in [0.05, 0.1) is 4.90 Å². The van der Waals surface area contributed by atoms with Crippen molar-refractivity contribution in [2.45, 2.75) is 15.8 Å². The summed E-state index contributed by atoms with van der Waals surface area (Å²) in [6.07, 6.45) is 0.843. The number of carbonyl (C=O) groups excluding carboxylic acids is 1. The number of sulfone groups is 1. The fraction of sp³-hybridized carbons (Fsp3) is 0.176. The summed E-state index contributed by atoms with van der Waals surface area (Å²) in [5.41, 5.74) is 0.275. The highest BCUT2D eigenvalue weighted by molar-refractivity contribution is 7.93. The molecular formula is C17H18N2O7S2. The van der Waals surface area contributed by atoms with E-state index in [4.69, 9.17) is 0 Å². The molecule has 0 unspecified atom stereocenters. The minimum atomic E-state index is -4.49. The first-order valence-electron chi connectivity index (χ1n) is 7.90. The van der Waals surface area contributed by atoms with Crippen LogP contribution in [0.3, 0.4) is 0 Å². The van der Waals surface area contributed by atoms with E-state index in [-0.39, 0.29) is 5.56 Å². The Morgan fingerprint density at radius 3 is 2.00 bits per heavy atom. The van der Waals surface area contributed by atoms with Crippen LogP contribution in [0.25, 0.3) is 0 Å². The van der Waals surface area contributed by atoms with Gasteiger partial charge in [0.25, 0.3) is 5.91 Å². The van der Waals surface area contributed by atoms with Crippen molar-refractivity contribution in [1.82, 2.24) is 10.0 Å². The maximum absolute atomic E-state index is 12.6.